The van der Waals surface area contributed by atoms with Crippen LogP contribution in [0.5, 0.6) is 0 Å². The molecule has 0 aromatic heterocycles. The zero-order valence-electron chi connectivity index (χ0n) is 6.18. The molecule has 2 rings (SSSR count). The standard InChI is InChI=1S/C8H3Cl3O2/c9-5-3-1-2-4-6(5)8(10,11)13-7(4)12/h1-3H. The van der Waals surface area contributed by atoms with Crippen LogP contribution >= 0.6 is 34.8 Å². The van der Waals surface area contributed by atoms with Crippen LogP contribution in [-0.2, 0) is 9.26 Å². The van der Waals surface area contributed by atoms with Gasteiger partial charge in [0.2, 0.25) is 0 Å². The average Bonchev–Trinajstić information content (AvgIpc) is 2.24. The van der Waals surface area contributed by atoms with Crippen molar-refractivity contribution < 1.29 is 9.53 Å². The van der Waals surface area contributed by atoms with Crippen LogP contribution in [0.1, 0.15) is 15.9 Å². The maximum Gasteiger partial charge on any atom is 0.341 e. The number of benzene rings is 1. The van der Waals surface area contributed by atoms with Gasteiger partial charge in [-0.2, -0.15) is 0 Å². The van der Waals surface area contributed by atoms with Crippen LogP contribution in [0.2, 0.25) is 5.02 Å². The molecule has 1 aromatic carbocycles. The first-order valence-electron chi connectivity index (χ1n) is 3.42. The molecule has 1 heterocycles. The Kier molecular flexibility index (Phi) is 1.95. The fourth-order valence-corrected chi connectivity index (χ4v) is 2.16. The van der Waals surface area contributed by atoms with Gasteiger partial charge in [-0.3, -0.25) is 0 Å². The van der Waals surface area contributed by atoms with Gasteiger partial charge in [0.05, 0.1) is 16.1 Å². The second kappa shape index (κ2) is 2.77. The molecular formula is C8H3Cl3O2. The van der Waals surface area contributed by atoms with E-state index in [-0.39, 0.29) is 0 Å². The minimum absolute atomic E-state index is 0.317. The molecule has 0 aliphatic carbocycles. The number of hydrogen-bond acceptors (Lipinski definition) is 2. The second-order valence-electron chi connectivity index (χ2n) is 2.57. The number of carbonyl (C=O) groups is 1. The lowest BCUT2D eigenvalue weighted by molar-refractivity contribution is 0.0448. The van der Waals surface area contributed by atoms with Crippen LogP contribution < -0.4 is 0 Å². The van der Waals surface area contributed by atoms with Crippen molar-refractivity contribution in [2.24, 2.45) is 0 Å². The van der Waals surface area contributed by atoms with Gasteiger partial charge < -0.3 is 4.74 Å². The Labute approximate surface area is 89.3 Å². The predicted molar refractivity (Wildman–Crippen MR) is 50.3 cm³/mol. The zero-order valence-corrected chi connectivity index (χ0v) is 8.45. The van der Waals surface area contributed by atoms with Crippen molar-refractivity contribution in [3.63, 3.8) is 0 Å². The third-order valence-electron chi connectivity index (χ3n) is 1.75. The van der Waals surface area contributed by atoms with E-state index in [0.29, 0.717) is 16.1 Å². The van der Waals surface area contributed by atoms with Crippen molar-refractivity contribution in [1.82, 2.24) is 0 Å². The van der Waals surface area contributed by atoms with E-state index in [2.05, 4.69) is 0 Å². The smallest absolute Gasteiger partial charge is 0.341 e. The molecule has 0 saturated heterocycles. The lowest BCUT2D eigenvalue weighted by atomic mass is 10.1. The molecule has 0 atom stereocenters. The lowest BCUT2D eigenvalue weighted by Crippen LogP contribution is -2.09. The summed E-state index contributed by atoms with van der Waals surface area (Å²) in [5.74, 6) is -0.553. The van der Waals surface area contributed by atoms with Crippen LogP contribution in [-0.4, -0.2) is 5.97 Å². The third-order valence-corrected chi connectivity index (χ3v) is 2.59. The Morgan fingerprint density at radius 1 is 1.31 bits per heavy atom. The van der Waals surface area contributed by atoms with Crippen LogP contribution in [0, 0.1) is 0 Å². The molecule has 68 valence electrons. The fourth-order valence-electron chi connectivity index (χ4n) is 1.21. The quantitative estimate of drug-likeness (QED) is 0.512. The van der Waals surface area contributed by atoms with Gasteiger partial charge in [-0.05, 0) is 12.1 Å². The largest absolute Gasteiger partial charge is 0.421 e. The number of alkyl halides is 2. The topological polar surface area (TPSA) is 26.3 Å². The van der Waals surface area contributed by atoms with E-state index in [9.17, 15) is 4.79 Å². The first-order valence-corrected chi connectivity index (χ1v) is 4.56. The Morgan fingerprint density at radius 3 is 2.62 bits per heavy atom. The molecule has 1 aliphatic heterocycles. The van der Waals surface area contributed by atoms with Crippen molar-refractivity contribution in [3.05, 3.63) is 34.3 Å². The minimum atomic E-state index is -1.65. The van der Waals surface area contributed by atoms with Gasteiger partial charge in [-0.15, -0.1) is 0 Å². The molecule has 0 unspecified atom stereocenters. The fraction of sp³-hybridized carbons (Fsp3) is 0.125. The Hall–Kier alpha value is -0.440. The van der Waals surface area contributed by atoms with Crippen molar-refractivity contribution >= 4 is 40.8 Å². The van der Waals surface area contributed by atoms with E-state index in [0.717, 1.165) is 0 Å². The molecule has 0 N–H and O–H groups in total. The SMILES string of the molecule is O=C1OC(Cl)(Cl)c2c(Cl)cccc21. The van der Waals surface area contributed by atoms with Gasteiger partial charge >= 0.3 is 5.97 Å². The van der Waals surface area contributed by atoms with E-state index in [4.69, 9.17) is 39.5 Å². The van der Waals surface area contributed by atoms with Crippen LogP contribution in [0.4, 0.5) is 0 Å². The summed E-state index contributed by atoms with van der Waals surface area (Å²) in [5, 5.41) is 0.327. The third kappa shape index (κ3) is 1.30. The Bertz CT molecular complexity index is 387. The monoisotopic (exact) mass is 236 g/mol. The van der Waals surface area contributed by atoms with E-state index in [1.165, 1.54) is 0 Å². The molecule has 0 saturated carbocycles. The molecule has 0 fully saturated rings. The number of hydrogen-bond donors (Lipinski definition) is 0. The highest BCUT2D eigenvalue weighted by molar-refractivity contribution is 6.50. The molecule has 1 aliphatic rings. The Morgan fingerprint density at radius 2 is 2.00 bits per heavy atom. The predicted octanol–water partition coefficient (Wildman–Crippen LogP) is 3.10. The van der Waals surface area contributed by atoms with E-state index >= 15 is 0 Å². The molecule has 2 nitrogen and oxygen atoms in total. The zero-order chi connectivity index (χ0) is 9.64. The summed E-state index contributed by atoms with van der Waals surface area (Å²) in [5.41, 5.74) is 0.641. The van der Waals surface area contributed by atoms with Gasteiger partial charge in [0.15, 0.2) is 0 Å². The van der Waals surface area contributed by atoms with Crippen molar-refractivity contribution in [2.45, 2.75) is 4.52 Å². The van der Waals surface area contributed by atoms with E-state index < -0.39 is 10.5 Å². The lowest BCUT2D eigenvalue weighted by Gasteiger charge is -2.12. The molecule has 1 aromatic rings. The van der Waals surface area contributed by atoms with Crippen molar-refractivity contribution in [3.8, 4) is 0 Å². The van der Waals surface area contributed by atoms with Gasteiger partial charge in [0, 0.05) is 0 Å². The van der Waals surface area contributed by atoms with Crippen LogP contribution in [0.25, 0.3) is 0 Å². The molecule has 0 amide bonds. The molecule has 0 radical (unpaired) electrons. The normalized spacial score (nSPS) is 18.2. The number of fused-ring (bicyclic) bond motifs is 1. The van der Waals surface area contributed by atoms with E-state index in [1.807, 2.05) is 0 Å². The van der Waals surface area contributed by atoms with Crippen molar-refractivity contribution in [1.29, 1.82) is 0 Å². The summed E-state index contributed by atoms with van der Waals surface area (Å²) in [4.78, 5) is 11.2. The molecule has 0 bridgehead atoms. The number of ether oxygens (including phenoxy) is 1. The summed E-state index contributed by atoms with van der Waals surface area (Å²) in [7, 11) is 0. The molecular weight excluding hydrogens is 234 g/mol. The first kappa shape index (κ1) is 9.13. The maximum atomic E-state index is 11.2. The van der Waals surface area contributed by atoms with Gasteiger partial charge in [-0.25, -0.2) is 4.79 Å². The number of cyclic esters (lactones) is 1. The van der Waals surface area contributed by atoms with Gasteiger partial charge in [0.1, 0.15) is 0 Å². The second-order valence-corrected chi connectivity index (χ2v) is 4.23. The highest BCUT2D eigenvalue weighted by Gasteiger charge is 2.44. The number of esters is 1. The molecule has 5 heteroatoms. The minimum Gasteiger partial charge on any atom is -0.421 e. The summed E-state index contributed by atoms with van der Waals surface area (Å²) in [6, 6.07) is 4.80. The van der Waals surface area contributed by atoms with Gasteiger partial charge in [0.25, 0.3) is 4.52 Å². The summed E-state index contributed by atoms with van der Waals surface area (Å²) >= 11 is 17.3. The number of carbonyl (C=O) groups excluding carboxylic acids is 1. The summed E-state index contributed by atoms with van der Waals surface area (Å²) in [6.45, 7) is 0. The average molecular weight is 237 g/mol. The first-order chi connectivity index (χ1) is 6.02. The molecule has 0 spiro atoms. The van der Waals surface area contributed by atoms with Gasteiger partial charge in [-0.1, -0.05) is 40.9 Å². The number of rotatable bonds is 0. The molecule has 13 heavy (non-hydrogen) atoms. The number of halogens is 3. The highest BCUT2D eigenvalue weighted by atomic mass is 35.5. The highest BCUT2D eigenvalue weighted by Crippen LogP contribution is 2.46. The van der Waals surface area contributed by atoms with Crippen LogP contribution in [0.3, 0.4) is 0 Å². The summed E-state index contributed by atoms with van der Waals surface area (Å²) in [6.07, 6.45) is 0. The summed E-state index contributed by atoms with van der Waals surface area (Å²) < 4.78 is 3.06. The van der Waals surface area contributed by atoms with E-state index in [1.54, 1.807) is 18.2 Å². The maximum absolute atomic E-state index is 11.2. The van der Waals surface area contributed by atoms with Crippen LogP contribution in [0.15, 0.2) is 18.2 Å². The Balaban J connectivity index is 2.73. The van der Waals surface area contributed by atoms with Crippen molar-refractivity contribution in [2.75, 3.05) is 0 Å².